The summed E-state index contributed by atoms with van der Waals surface area (Å²) < 4.78 is 11.2. The molecule has 0 N–H and O–H groups in total. The van der Waals surface area contributed by atoms with Crippen LogP contribution in [0.2, 0.25) is 0 Å². The number of para-hydroxylation sites is 1. The summed E-state index contributed by atoms with van der Waals surface area (Å²) >= 11 is 0. The monoisotopic (exact) mass is 402 g/mol. The molecule has 0 radical (unpaired) electrons. The number of methoxy groups -OCH3 is 2. The quantitative estimate of drug-likeness (QED) is 0.548. The van der Waals surface area contributed by atoms with Gasteiger partial charge in [-0.1, -0.05) is 24.3 Å². The van der Waals surface area contributed by atoms with Crippen LogP contribution in [0.25, 0.3) is 0 Å². The van der Waals surface area contributed by atoms with Crippen molar-refractivity contribution in [3.63, 3.8) is 0 Å². The molecule has 3 aromatic rings. The third-order valence-electron chi connectivity index (χ3n) is 5.96. The van der Waals surface area contributed by atoms with Crippen LogP contribution in [-0.2, 0) is 25.8 Å². The van der Waals surface area contributed by atoms with Crippen molar-refractivity contribution in [3.8, 4) is 11.5 Å². The second kappa shape index (κ2) is 9.77. The molecule has 0 spiro atoms. The minimum atomic E-state index is 0.854. The lowest BCUT2D eigenvalue weighted by atomic mass is 9.90. The molecule has 4 rings (SSSR count). The Labute approximate surface area is 179 Å². The van der Waals surface area contributed by atoms with Gasteiger partial charge in [0.25, 0.3) is 0 Å². The zero-order valence-electron chi connectivity index (χ0n) is 17.9. The number of nitrogens with zero attached hydrogens (tertiary/aromatic N) is 2. The van der Waals surface area contributed by atoms with Crippen LogP contribution < -0.4 is 9.47 Å². The number of benzene rings is 2. The van der Waals surface area contributed by atoms with E-state index in [1.54, 1.807) is 14.2 Å². The summed E-state index contributed by atoms with van der Waals surface area (Å²) in [6.45, 7) is 3.20. The zero-order chi connectivity index (χ0) is 20.8. The largest absolute Gasteiger partial charge is 0.497 e. The van der Waals surface area contributed by atoms with E-state index in [2.05, 4.69) is 40.2 Å². The van der Waals surface area contributed by atoms with Crippen molar-refractivity contribution in [1.29, 1.82) is 0 Å². The molecular weight excluding hydrogens is 372 g/mol. The Balaban J connectivity index is 1.50. The van der Waals surface area contributed by atoms with Gasteiger partial charge in [-0.05, 0) is 77.9 Å². The van der Waals surface area contributed by atoms with E-state index < -0.39 is 0 Å². The summed E-state index contributed by atoms with van der Waals surface area (Å²) in [6.07, 6.45) is 7.96. The van der Waals surface area contributed by atoms with Gasteiger partial charge in [0, 0.05) is 31.9 Å². The van der Waals surface area contributed by atoms with Crippen LogP contribution >= 0.6 is 0 Å². The predicted octanol–water partition coefficient (Wildman–Crippen LogP) is 4.68. The maximum Gasteiger partial charge on any atom is 0.122 e. The molecule has 30 heavy (non-hydrogen) atoms. The van der Waals surface area contributed by atoms with Gasteiger partial charge in [-0.3, -0.25) is 9.88 Å². The number of pyridine rings is 1. The summed E-state index contributed by atoms with van der Waals surface area (Å²) in [7, 11) is 3.49. The second-order valence-corrected chi connectivity index (χ2v) is 7.90. The van der Waals surface area contributed by atoms with E-state index >= 15 is 0 Å². The van der Waals surface area contributed by atoms with Gasteiger partial charge in [0.15, 0.2) is 0 Å². The molecule has 1 aliphatic heterocycles. The van der Waals surface area contributed by atoms with Crippen LogP contribution in [0.1, 0.15) is 34.2 Å². The number of aryl methyl sites for hydroxylation is 1. The van der Waals surface area contributed by atoms with Crippen LogP contribution in [0.5, 0.6) is 11.5 Å². The molecule has 0 amide bonds. The van der Waals surface area contributed by atoms with Gasteiger partial charge >= 0.3 is 0 Å². The van der Waals surface area contributed by atoms with Crippen molar-refractivity contribution in [3.05, 3.63) is 88.7 Å². The number of hydrogen-bond donors (Lipinski definition) is 0. The Morgan fingerprint density at radius 2 is 1.90 bits per heavy atom. The Bertz CT molecular complexity index is 972. The number of rotatable bonds is 8. The molecular formula is C26H30N2O2. The molecule has 1 aliphatic rings. The van der Waals surface area contributed by atoms with Crippen LogP contribution in [0.15, 0.2) is 60.9 Å². The number of ether oxygens (including phenoxy) is 2. The van der Waals surface area contributed by atoms with Crippen LogP contribution in [-0.4, -0.2) is 37.2 Å². The molecule has 0 saturated carbocycles. The fraction of sp³-hybridized carbons (Fsp3) is 0.346. The fourth-order valence-electron chi connectivity index (χ4n) is 4.35. The first-order chi connectivity index (χ1) is 14.8. The Morgan fingerprint density at radius 1 is 1.00 bits per heavy atom. The normalized spacial score (nSPS) is 13.7. The maximum absolute atomic E-state index is 5.61. The Hall–Kier alpha value is -2.85. The van der Waals surface area contributed by atoms with Crippen molar-refractivity contribution in [2.75, 3.05) is 27.3 Å². The first kappa shape index (κ1) is 20.4. The molecule has 0 bridgehead atoms. The smallest absolute Gasteiger partial charge is 0.122 e. The zero-order valence-corrected chi connectivity index (χ0v) is 17.9. The molecule has 0 saturated heterocycles. The first-order valence-electron chi connectivity index (χ1n) is 10.7. The highest BCUT2D eigenvalue weighted by molar-refractivity contribution is 5.47. The van der Waals surface area contributed by atoms with Gasteiger partial charge in [-0.15, -0.1) is 0 Å². The van der Waals surface area contributed by atoms with Crippen molar-refractivity contribution in [2.45, 2.75) is 32.2 Å². The molecule has 0 fully saturated rings. The number of fused-ring (bicyclic) bond motifs is 1. The first-order valence-corrected chi connectivity index (χ1v) is 10.7. The Kier molecular flexibility index (Phi) is 6.65. The van der Waals surface area contributed by atoms with E-state index in [0.29, 0.717) is 0 Å². The predicted molar refractivity (Wildman–Crippen MR) is 120 cm³/mol. The standard InChI is InChI=1S/C26H30N2O2/c1-29-24-16-21-11-14-28(13-6-8-20-7-5-12-27-18-20)19-25(21)23(17-24)15-22-9-3-4-10-26(22)30-2/h3-5,7,9-10,12,16-18H,6,8,11,13-15,19H2,1-2H3. The summed E-state index contributed by atoms with van der Waals surface area (Å²) in [5.41, 5.74) is 6.74. The number of aromatic nitrogens is 1. The van der Waals surface area contributed by atoms with Crippen molar-refractivity contribution >= 4 is 0 Å². The highest BCUT2D eigenvalue weighted by Gasteiger charge is 2.21. The summed E-state index contributed by atoms with van der Waals surface area (Å²) in [4.78, 5) is 6.81. The molecule has 0 aliphatic carbocycles. The maximum atomic E-state index is 5.61. The lowest BCUT2D eigenvalue weighted by molar-refractivity contribution is 0.250. The van der Waals surface area contributed by atoms with Gasteiger partial charge in [0.2, 0.25) is 0 Å². The molecule has 156 valence electrons. The molecule has 1 aromatic heterocycles. The Morgan fingerprint density at radius 3 is 2.70 bits per heavy atom. The van der Waals surface area contributed by atoms with Gasteiger partial charge in [0.1, 0.15) is 11.5 Å². The van der Waals surface area contributed by atoms with Gasteiger partial charge in [-0.2, -0.15) is 0 Å². The lowest BCUT2D eigenvalue weighted by Crippen LogP contribution is -2.32. The minimum Gasteiger partial charge on any atom is -0.497 e. The van der Waals surface area contributed by atoms with E-state index in [1.807, 2.05) is 30.6 Å². The SMILES string of the molecule is COc1cc2c(c(Cc3ccccc3OC)c1)CN(CCCc1cccnc1)CC2. The van der Waals surface area contributed by atoms with Crippen molar-refractivity contribution in [2.24, 2.45) is 0 Å². The molecule has 0 atom stereocenters. The van der Waals surface area contributed by atoms with E-state index in [-0.39, 0.29) is 0 Å². The molecule has 2 aromatic carbocycles. The van der Waals surface area contributed by atoms with E-state index in [0.717, 1.165) is 56.8 Å². The molecule has 0 unspecified atom stereocenters. The molecule has 4 nitrogen and oxygen atoms in total. The highest BCUT2D eigenvalue weighted by Crippen LogP contribution is 2.31. The van der Waals surface area contributed by atoms with Gasteiger partial charge in [-0.25, -0.2) is 0 Å². The average molecular weight is 403 g/mol. The van der Waals surface area contributed by atoms with E-state index in [9.17, 15) is 0 Å². The topological polar surface area (TPSA) is 34.6 Å². The lowest BCUT2D eigenvalue weighted by Gasteiger charge is -2.31. The van der Waals surface area contributed by atoms with Gasteiger partial charge in [0.05, 0.1) is 14.2 Å². The van der Waals surface area contributed by atoms with Crippen LogP contribution in [0.4, 0.5) is 0 Å². The van der Waals surface area contributed by atoms with Crippen LogP contribution in [0.3, 0.4) is 0 Å². The molecule has 4 heteroatoms. The third kappa shape index (κ3) is 4.82. The van der Waals surface area contributed by atoms with Crippen LogP contribution in [0, 0.1) is 0 Å². The van der Waals surface area contributed by atoms with E-state index in [1.165, 1.54) is 27.8 Å². The fourth-order valence-corrected chi connectivity index (χ4v) is 4.35. The third-order valence-corrected chi connectivity index (χ3v) is 5.96. The minimum absolute atomic E-state index is 0.854. The highest BCUT2D eigenvalue weighted by atomic mass is 16.5. The van der Waals surface area contributed by atoms with Crippen molar-refractivity contribution < 1.29 is 9.47 Å². The average Bonchev–Trinajstić information content (AvgIpc) is 2.80. The van der Waals surface area contributed by atoms with Gasteiger partial charge < -0.3 is 9.47 Å². The molecule has 2 heterocycles. The number of hydrogen-bond acceptors (Lipinski definition) is 4. The van der Waals surface area contributed by atoms with Crippen molar-refractivity contribution in [1.82, 2.24) is 9.88 Å². The summed E-state index contributed by atoms with van der Waals surface area (Å²) in [5.74, 6) is 1.89. The summed E-state index contributed by atoms with van der Waals surface area (Å²) in [6, 6.07) is 16.9. The second-order valence-electron chi connectivity index (χ2n) is 7.90. The van der Waals surface area contributed by atoms with E-state index in [4.69, 9.17) is 9.47 Å². The summed E-state index contributed by atoms with van der Waals surface area (Å²) in [5, 5.41) is 0.